The third kappa shape index (κ3) is 3.10. The van der Waals surface area contributed by atoms with Crippen LogP contribution >= 0.6 is 35.8 Å². The van der Waals surface area contributed by atoms with Crippen molar-refractivity contribution in [1.82, 2.24) is 0 Å². The van der Waals surface area contributed by atoms with Gasteiger partial charge in [-0.25, -0.2) is 0 Å². The molecule has 0 aliphatic heterocycles. The third-order valence-corrected chi connectivity index (χ3v) is 2.04. The van der Waals surface area contributed by atoms with Crippen LogP contribution in [0.15, 0.2) is 18.2 Å². The minimum atomic E-state index is -0.451. The molecule has 0 spiro atoms. The minimum absolute atomic E-state index is 0.0129. The van der Waals surface area contributed by atoms with Gasteiger partial charge in [-0.1, -0.05) is 23.2 Å². The number of thiol groups is 1. The van der Waals surface area contributed by atoms with Crippen LogP contribution in [-0.2, 0) is 4.79 Å². The fourth-order valence-electron chi connectivity index (χ4n) is 0.713. The topological polar surface area (TPSA) is 26.3 Å². The molecule has 0 unspecified atom stereocenters. The van der Waals surface area contributed by atoms with E-state index in [-0.39, 0.29) is 5.75 Å². The Bertz CT molecular complexity index is 328. The summed E-state index contributed by atoms with van der Waals surface area (Å²) >= 11 is 15.1. The van der Waals surface area contributed by atoms with Crippen LogP contribution in [0, 0.1) is 0 Å². The molecule has 0 fully saturated rings. The average molecular weight is 237 g/mol. The quantitative estimate of drug-likeness (QED) is 0.486. The zero-order valence-electron chi connectivity index (χ0n) is 6.46. The summed E-state index contributed by atoms with van der Waals surface area (Å²) in [5.41, 5.74) is 0. The van der Waals surface area contributed by atoms with E-state index in [4.69, 9.17) is 27.9 Å². The molecule has 70 valence electrons. The number of ether oxygens (including phenoxy) is 1. The molecule has 0 aliphatic rings. The molecular weight excluding hydrogens is 231 g/mol. The Kier molecular flexibility index (Phi) is 3.90. The molecule has 0 aromatic heterocycles. The number of halogens is 2. The van der Waals surface area contributed by atoms with E-state index in [0.717, 1.165) is 0 Å². The Hall–Kier alpha value is -0.380. The minimum Gasteiger partial charge on any atom is -0.424 e. The molecular formula is C8H6Cl2O2S. The van der Waals surface area contributed by atoms with Crippen LogP contribution in [0.3, 0.4) is 0 Å². The van der Waals surface area contributed by atoms with Crippen molar-refractivity contribution in [2.75, 3.05) is 5.75 Å². The normalized spacial score (nSPS) is 9.77. The number of hydrogen-bond acceptors (Lipinski definition) is 3. The zero-order chi connectivity index (χ0) is 9.84. The van der Waals surface area contributed by atoms with Crippen LogP contribution in [-0.4, -0.2) is 11.7 Å². The van der Waals surface area contributed by atoms with Crippen LogP contribution in [0.2, 0.25) is 10.0 Å². The summed E-state index contributed by atoms with van der Waals surface area (Å²) in [7, 11) is 0. The Balaban J connectivity index is 2.83. The molecule has 0 aliphatic carbocycles. The Labute approximate surface area is 91.2 Å². The van der Waals surface area contributed by atoms with Gasteiger partial charge in [0.05, 0.1) is 10.8 Å². The highest BCUT2D eigenvalue weighted by atomic mass is 35.5. The number of carbonyl (C=O) groups excluding carboxylic acids is 1. The predicted molar refractivity (Wildman–Crippen MR) is 56.0 cm³/mol. The van der Waals surface area contributed by atoms with E-state index in [1.54, 1.807) is 6.07 Å². The molecule has 5 heteroatoms. The number of benzene rings is 1. The molecule has 13 heavy (non-hydrogen) atoms. The summed E-state index contributed by atoms with van der Waals surface area (Å²) in [5, 5.41) is 0.804. The molecule has 2 nitrogen and oxygen atoms in total. The summed E-state index contributed by atoms with van der Waals surface area (Å²) in [6.45, 7) is 0. The molecule has 0 saturated carbocycles. The molecule has 1 rings (SSSR count). The lowest BCUT2D eigenvalue weighted by molar-refractivity contribution is -0.131. The van der Waals surface area contributed by atoms with E-state index in [1.807, 2.05) is 0 Å². The van der Waals surface area contributed by atoms with Gasteiger partial charge in [0, 0.05) is 5.02 Å². The van der Waals surface area contributed by atoms with Gasteiger partial charge in [-0.3, -0.25) is 4.79 Å². The lowest BCUT2D eigenvalue weighted by Crippen LogP contribution is -2.09. The molecule has 1 aromatic carbocycles. The van der Waals surface area contributed by atoms with Crippen molar-refractivity contribution in [2.24, 2.45) is 0 Å². The number of esters is 1. The summed E-state index contributed by atoms with van der Waals surface area (Å²) in [6, 6.07) is 4.63. The fraction of sp³-hybridized carbons (Fsp3) is 0.125. The van der Waals surface area contributed by atoms with Crippen molar-refractivity contribution < 1.29 is 9.53 Å². The van der Waals surface area contributed by atoms with Crippen molar-refractivity contribution in [3.63, 3.8) is 0 Å². The SMILES string of the molecule is O=C(CS)Oc1ccc(Cl)cc1Cl. The van der Waals surface area contributed by atoms with Crippen LogP contribution in [0.25, 0.3) is 0 Å². The highest BCUT2D eigenvalue weighted by Gasteiger charge is 2.06. The van der Waals surface area contributed by atoms with Gasteiger partial charge in [0.2, 0.25) is 0 Å². The lowest BCUT2D eigenvalue weighted by atomic mass is 10.3. The van der Waals surface area contributed by atoms with Gasteiger partial charge in [-0.15, -0.1) is 0 Å². The first-order valence-corrected chi connectivity index (χ1v) is 4.79. The lowest BCUT2D eigenvalue weighted by Gasteiger charge is -2.04. The molecule has 0 amide bonds. The van der Waals surface area contributed by atoms with Gasteiger partial charge in [-0.2, -0.15) is 12.6 Å². The Morgan fingerprint density at radius 3 is 2.69 bits per heavy atom. The monoisotopic (exact) mass is 236 g/mol. The van der Waals surface area contributed by atoms with Crippen molar-refractivity contribution in [3.05, 3.63) is 28.2 Å². The fourth-order valence-corrected chi connectivity index (χ4v) is 1.22. The van der Waals surface area contributed by atoms with Gasteiger partial charge >= 0.3 is 5.97 Å². The molecule has 0 bridgehead atoms. The van der Waals surface area contributed by atoms with E-state index in [9.17, 15) is 4.79 Å². The van der Waals surface area contributed by atoms with Crippen molar-refractivity contribution in [1.29, 1.82) is 0 Å². The van der Waals surface area contributed by atoms with E-state index in [2.05, 4.69) is 12.6 Å². The zero-order valence-corrected chi connectivity index (χ0v) is 8.87. The van der Waals surface area contributed by atoms with Gasteiger partial charge < -0.3 is 4.74 Å². The molecule has 1 aromatic rings. The van der Waals surface area contributed by atoms with Crippen molar-refractivity contribution >= 4 is 41.8 Å². The van der Waals surface area contributed by atoms with Crippen LogP contribution in [0.4, 0.5) is 0 Å². The second kappa shape index (κ2) is 4.74. The second-order valence-electron chi connectivity index (χ2n) is 2.21. The van der Waals surface area contributed by atoms with E-state index < -0.39 is 5.97 Å². The summed E-state index contributed by atoms with van der Waals surface area (Å²) in [5.74, 6) is -0.142. The van der Waals surface area contributed by atoms with E-state index in [0.29, 0.717) is 15.8 Å². The predicted octanol–water partition coefficient (Wildman–Crippen LogP) is 2.83. The maximum Gasteiger partial charge on any atom is 0.321 e. The molecule has 0 saturated heterocycles. The Morgan fingerprint density at radius 2 is 2.15 bits per heavy atom. The van der Waals surface area contributed by atoms with Crippen LogP contribution in [0.5, 0.6) is 5.75 Å². The second-order valence-corrected chi connectivity index (χ2v) is 3.37. The molecule has 0 atom stereocenters. The molecule has 0 radical (unpaired) electrons. The van der Waals surface area contributed by atoms with Crippen LogP contribution < -0.4 is 4.74 Å². The first-order valence-electron chi connectivity index (χ1n) is 3.40. The smallest absolute Gasteiger partial charge is 0.321 e. The van der Waals surface area contributed by atoms with Gasteiger partial charge in [-0.05, 0) is 18.2 Å². The number of carbonyl (C=O) groups is 1. The summed E-state index contributed by atoms with van der Waals surface area (Å²) in [6.07, 6.45) is 0. The first kappa shape index (κ1) is 10.7. The van der Waals surface area contributed by atoms with Crippen molar-refractivity contribution in [2.45, 2.75) is 0 Å². The number of rotatable bonds is 2. The third-order valence-electron chi connectivity index (χ3n) is 1.25. The average Bonchev–Trinajstić information content (AvgIpc) is 2.09. The highest BCUT2D eigenvalue weighted by molar-refractivity contribution is 7.81. The van der Waals surface area contributed by atoms with E-state index >= 15 is 0 Å². The maximum atomic E-state index is 10.8. The first-order chi connectivity index (χ1) is 6.13. The largest absolute Gasteiger partial charge is 0.424 e. The standard InChI is InChI=1S/C8H6Cl2O2S/c9-5-1-2-7(6(10)3-5)12-8(11)4-13/h1-3,13H,4H2. The summed E-state index contributed by atoms with van der Waals surface area (Å²) < 4.78 is 4.84. The Morgan fingerprint density at radius 1 is 1.46 bits per heavy atom. The van der Waals surface area contributed by atoms with Crippen molar-refractivity contribution in [3.8, 4) is 5.75 Å². The number of hydrogen-bond donors (Lipinski definition) is 1. The molecule has 0 heterocycles. The van der Waals surface area contributed by atoms with Gasteiger partial charge in [0.25, 0.3) is 0 Å². The maximum absolute atomic E-state index is 10.8. The van der Waals surface area contributed by atoms with Gasteiger partial charge in [0.15, 0.2) is 0 Å². The van der Waals surface area contributed by atoms with E-state index in [1.165, 1.54) is 12.1 Å². The summed E-state index contributed by atoms with van der Waals surface area (Å²) in [4.78, 5) is 10.8. The van der Waals surface area contributed by atoms with Gasteiger partial charge in [0.1, 0.15) is 5.75 Å². The van der Waals surface area contributed by atoms with Crippen LogP contribution in [0.1, 0.15) is 0 Å². The highest BCUT2D eigenvalue weighted by Crippen LogP contribution is 2.27. The molecule has 0 N–H and O–H groups in total.